The molecular weight excluding hydrogens is 480 g/mol. The van der Waals surface area contributed by atoms with Crippen LogP contribution in [0.4, 0.5) is 4.39 Å². The van der Waals surface area contributed by atoms with Gasteiger partial charge in [0.15, 0.2) is 0 Å². The van der Waals surface area contributed by atoms with E-state index in [2.05, 4.69) is 4.98 Å². The van der Waals surface area contributed by atoms with E-state index in [1.165, 1.54) is 55.3 Å². The van der Waals surface area contributed by atoms with E-state index in [9.17, 15) is 22.4 Å². The summed E-state index contributed by atoms with van der Waals surface area (Å²) in [4.78, 5) is 28.1. The Hall–Kier alpha value is -2.88. The second-order valence-electron chi connectivity index (χ2n) is 7.05. The van der Waals surface area contributed by atoms with Gasteiger partial charge < -0.3 is 15.6 Å². The van der Waals surface area contributed by atoms with Crippen LogP contribution in [0.3, 0.4) is 0 Å². The molecule has 0 bridgehead atoms. The van der Waals surface area contributed by atoms with Crippen LogP contribution in [-0.4, -0.2) is 37.2 Å². The van der Waals surface area contributed by atoms with Crippen LogP contribution in [0.5, 0.6) is 0 Å². The summed E-state index contributed by atoms with van der Waals surface area (Å²) in [6, 6.07) is 9.63. The van der Waals surface area contributed by atoms with Gasteiger partial charge in [0.1, 0.15) is 22.1 Å². The monoisotopic (exact) mass is 497 g/mol. The molecule has 32 heavy (non-hydrogen) atoms. The molecule has 0 fully saturated rings. The summed E-state index contributed by atoms with van der Waals surface area (Å²) in [5, 5.41) is 0.150. The molecule has 3 N–H and O–H groups in total. The minimum Gasteiger partial charge on any atom is -0.364 e. The normalized spacial score (nSPS) is 11.4. The molecule has 7 nitrogen and oxygen atoms in total. The minimum absolute atomic E-state index is 0.0136. The van der Waals surface area contributed by atoms with Gasteiger partial charge in [-0.3, -0.25) is 9.59 Å². The lowest BCUT2D eigenvalue weighted by atomic mass is 10.2. The van der Waals surface area contributed by atoms with Gasteiger partial charge in [-0.25, -0.2) is 12.8 Å². The molecule has 0 aliphatic carbocycles. The van der Waals surface area contributed by atoms with Crippen molar-refractivity contribution in [2.24, 2.45) is 5.73 Å². The second kappa shape index (κ2) is 8.93. The number of aromatic amines is 1. The molecule has 0 aliphatic heterocycles. The third-order valence-corrected chi connectivity index (χ3v) is 7.12. The van der Waals surface area contributed by atoms with Crippen LogP contribution < -0.4 is 5.73 Å². The fraction of sp³-hybridized carbons (Fsp3) is 0.143. The average molecular weight is 498 g/mol. The van der Waals surface area contributed by atoms with Crippen LogP contribution >= 0.6 is 23.2 Å². The zero-order chi connectivity index (χ0) is 23.8. The van der Waals surface area contributed by atoms with Crippen molar-refractivity contribution in [3.8, 4) is 0 Å². The van der Waals surface area contributed by atoms with Gasteiger partial charge in [-0.15, -0.1) is 0 Å². The number of nitrogens with one attached hydrogen (secondary N) is 1. The van der Waals surface area contributed by atoms with Crippen molar-refractivity contribution in [3.05, 3.63) is 80.8 Å². The zero-order valence-corrected chi connectivity index (χ0v) is 19.3. The predicted octanol–water partition coefficient (Wildman–Crippen LogP) is 3.97. The Morgan fingerprint density at radius 2 is 1.69 bits per heavy atom. The van der Waals surface area contributed by atoms with Crippen molar-refractivity contribution in [3.63, 3.8) is 0 Å². The van der Waals surface area contributed by atoms with Gasteiger partial charge >= 0.3 is 0 Å². The molecule has 11 heteroatoms. The number of halogens is 3. The molecule has 1 aromatic heterocycles. The molecule has 168 valence electrons. The van der Waals surface area contributed by atoms with Crippen LogP contribution in [-0.2, 0) is 16.4 Å². The highest BCUT2D eigenvalue weighted by Gasteiger charge is 2.33. The number of amides is 2. The molecule has 0 unspecified atom stereocenters. The number of aromatic nitrogens is 1. The number of benzene rings is 2. The summed E-state index contributed by atoms with van der Waals surface area (Å²) in [5.41, 5.74) is 5.02. The van der Waals surface area contributed by atoms with Crippen LogP contribution in [0.25, 0.3) is 0 Å². The molecule has 0 atom stereocenters. The number of hydrogen-bond donors (Lipinski definition) is 2. The van der Waals surface area contributed by atoms with Crippen LogP contribution in [0.2, 0.25) is 10.0 Å². The molecule has 2 aromatic carbocycles. The van der Waals surface area contributed by atoms with Crippen LogP contribution in [0.1, 0.15) is 32.1 Å². The van der Waals surface area contributed by atoms with E-state index in [0.29, 0.717) is 0 Å². The molecular formula is C21H18Cl2FN3O4S. The molecule has 0 aliphatic rings. The summed E-state index contributed by atoms with van der Waals surface area (Å²) < 4.78 is 40.6. The largest absolute Gasteiger partial charge is 0.364 e. The molecule has 1 heterocycles. The Kier molecular flexibility index (Phi) is 6.64. The van der Waals surface area contributed by atoms with Crippen LogP contribution in [0.15, 0.2) is 52.3 Å². The number of nitrogens with zero attached hydrogens (tertiary/aromatic N) is 1. The van der Waals surface area contributed by atoms with E-state index >= 15 is 0 Å². The molecule has 0 saturated heterocycles. The first-order chi connectivity index (χ1) is 14.9. The number of rotatable bonds is 6. The molecule has 3 rings (SSSR count). The standard InChI is InChI=1S/C21H18Cl2FN3O4S/c1-11-17(21(29)27(2)10-12-5-3-4-6-16(12)24)26-18(20(25)28)19(11)32(30,31)15-8-13(22)7-14(23)9-15/h3-9,26H,10H2,1-2H3,(H2,25,28). The van der Waals surface area contributed by atoms with Crippen LogP contribution in [0, 0.1) is 12.7 Å². The Balaban J connectivity index is 2.09. The molecule has 0 spiro atoms. The maximum Gasteiger partial charge on any atom is 0.270 e. The molecule has 0 radical (unpaired) electrons. The van der Waals surface area contributed by atoms with Crippen molar-refractivity contribution in [2.45, 2.75) is 23.3 Å². The Morgan fingerprint density at radius 1 is 1.09 bits per heavy atom. The SMILES string of the molecule is Cc1c(C(=O)N(C)Cc2ccccc2F)[nH]c(C(N)=O)c1S(=O)(=O)c1cc(Cl)cc(Cl)c1. The topological polar surface area (TPSA) is 113 Å². The van der Waals surface area contributed by atoms with Crippen molar-refractivity contribution in [2.75, 3.05) is 7.05 Å². The molecule has 3 aromatic rings. The lowest BCUT2D eigenvalue weighted by molar-refractivity contribution is 0.0778. The number of carbonyl (C=O) groups is 2. The third kappa shape index (κ3) is 4.50. The summed E-state index contributed by atoms with van der Waals surface area (Å²) in [6.45, 7) is 1.29. The van der Waals surface area contributed by atoms with Gasteiger partial charge in [-0.2, -0.15) is 0 Å². The summed E-state index contributed by atoms with van der Waals surface area (Å²) in [5.74, 6) is -2.22. The smallest absolute Gasteiger partial charge is 0.270 e. The number of sulfone groups is 1. The maximum atomic E-state index is 14.0. The summed E-state index contributed by atoms with van der Waals surface area (Å²) >= 11 is 11.9. The molecule has 2 amide bonds. The Labute approximate surface area is 193 Å². The van der Waals surface area contributed by atoms with E-state index in [1.807, 2.05) is 0 Å². The zero-order valence-electron chi connectivity index (χ0n) is 16.9. The Bertz CT molecular complexity index is 1320. The average Bonchev–Trinajstić information content (AvgIpc) is 3.06. The second-order valence-corrected chi connectivity index (χ2v) is 9.81. The van der Waals surface area contributed by atoms with Crippen molar-refractivity contribution < 1.29 is 22.4 Å². The van der Waals surface area contributed by atoms with Crippen molar-refractivity contribution in [1.29, 1.82) is 0 Å². The summed E-state index contributed by atoms with van der Waals surface area (Å²) in [6.07, 6.45) is 0. The number of hydrogen-bond acceptors (Lipinski definition) is 4. The van der Waals surface area contributed by atoms with E-state index in [0.717, 1.165) is 0 Å². The first kappa shape index (κ1) is 23.8. The number of nitrogens with two attached hydrogens (primary N) is 1. The predicted molar refractivity (Wildman–Crippen MR) is 118 cm³/mol. The Morgan fingerprint density at radius 3 is 2.25 bits per heavy atom. The fourth-order valence-electron chi connectivity index (χ4n) is 3.25. The minimum atomic E-state index is -4.33. The highest BCUT2D eigenvalue weighted by Crippen LogP contribution is 2.32. The van der Waals surface area contributed by atoms with Crippen molar-refractivity contribution in [1.82, 2.24) is 9.88 Å². The highest BCUT2D eigenvalue weighted by atomic mass is 35.5. The van der Waals surface area contributed by atoms with Gasteiger partial charge in [0.05, 0.1) is 4.90 Å². The van der Waals surface area contributed by atoms with Gasteiger partial charge in [-0.1, -0.05) is 41.4 Å². The fourth-order valence-corrected chi connectivity index (χ4v) is 5.63. The van der Waals surface area contributed by atoms with Gasteiger partial charge in [0, 0.05) is 29.2 Å². The van der Waals surface area contributed by atoms with E-state index in [-0.39, 0.29) is 38.3 Å². The number of primary amides is 1. The van der Waals surface area contributed by atoms with E-state index in [1.54, 1.807) is 6.07 Å². The van der Waals surface area contributed by atoms with E-state index in [4.69, 9.17) is 28.9 Å². The lowest BCUT2D eigenvalue weighted by Crippen LogP contribution is -2.27. The number of H-pyrrole nitrogens is 1. The van der Waals surface area contributed by atoms with Crippen molar-refractivity contribution >= 4 is 44.9 Å². The first-order valence-electron chi connectivity index (χ1n) is 9.16. The van der Waals surface area contributed by atoms with Gasteiger partial charge in [0.2, 0.25) is 9.84 Å². The third-order valence-electron chi connectivity index (χ3n) is 4.78. The maximum absolute atomic E-state index is 14.0. The first-order valence-corrected chi connectivity index (χ1v) is 11.4. The van der Waals surface area contributed by atoms with E-state index < -0.39 is 38.1 Å². The summed E-state index contributed by atoms with van der Waals surface area (Å²) in [7, 11) is -2.91. The quantitative estimate of drug-likeness (QED) is 0.536. The lowest BCUT2D eigenvalue weighted by Gasteiger charge is -2.17. The number of carbonyl (C=O) groups excluding carboxylic acids is 2. The van der Waals surface area contributed by atoms with Gasteiger partial charge in [-0.05, 0) is 36.8 Å². The van der Waals surface area contributed by atoms with Gasteiger partial charge in [0.25, 0.3) is 11.8 Å². The highest BCUT2D eigenvalue weighted by molar-refractivity contribution is 7.91. The molecule has 0 saturated carbocycles.